The molecule has 0 amide bonds. The average Bonchev–Trinajstić information content (AvgIpc) is 3.36. The summed E-state index contributed by atoms with van der Waals surface area (Å²) in [5.41, 5.74) is 7.94. The van der Waals surface area contributed by atoms with Gasteiger partial charge in [0.05, 0.1) is 44.2 Å². The standard InChI is InChI=1S/C31H21N3OS/c35-29-20-22(18-19-23(29)31-32-24-12-4-9-17-30(24)36-31)34-27-15-7-5-13-25(27)33(21-10-2-1-3-11-21)26-14-6-8-16-28(26)34/h1-20,35H. The third-order valence-corrected chi connectivity index (χ3v) is 7.57. The molecule has 0 radical (unpaired) electrons. The molecule has 36 heavy (non-hydrogen) atoms. The summed E-state index contributed by atoms with van der Waals surface area (Å²) in [4.78, 5) is 9.24. The molecule has 0 fully saturated rings. The third-order valence-electron chi connectivity index (χ3n) is 6.51. The zero-order valence-corrected chi connectivity index (χ0v) is 20.1. The Labute approximate surface area is 213 Å². The lowest BCUT2D eigenvalue weighted by atomic mass is 10.0. The highest BCUT2D eigenvalue weighted by atomic mass is 32.1. The predicted octanol–water partition coefficient (Wildman–Crippen LogP) is 8.92. The Morgan fingerprint density at radius 1 is 0.556 bits per heavy atom. The van der Waals surface area contributed by atoms with E-state index in [2.05, 4.69) is 94.7 Å². The topological polar surface area (TPSA) is 39.6 Å². The molecule has 2 heterocycles. The molecule has 5 heteroatoms. The van der Waals surface area contributed by atoms with E-state index < -0.39 is 0 Å². The monoisotopic (exact) mass is 483 g/mol. The van der Waals surface area contributed by atoms with Gasteiger partial charge in [0.2, 0.25) is 0 Å². The van der Waals surface area contributed by atoms with Crippen molar-refractivity contribution in [2.24, 2.45) is 0 Å². The highest BCUT2D eigenvalue weighted by Gasteiger charge is 2.30. The molecule has 172 valence electrons. The summed E-state index contributed by atoms with van der Waals surface area (Å²) in [6.45, 7) is 0. The summed E-state index contributed by atoms with van der Waals surface area (Å²) in [5.74, 6) is 0.215. The number of phenols is 1. The van der Waals surface area contributed by atoms with Crippen molar-refractivity contribution < 1.29 is 5.11 Å². The predicted molar refractivity (Wildman–Crippen MR) is 150 cm³/mol. The molecule has 1 aliphatic heterocycles. The van der Waals surface area contributed by atoms with Gasteiger partial charge in [-0.15, -0.1) is 11.3 Å². The molecule has 7 rings (SSSR count). The summed E-state index contributed by atoms with van der Waals surface area (Å²) in [6.07, 6.45) is 0. The van der Waals surface area contributed by atoms with Crippen LogP contribution in [0.3, 0.4) is 0 Å². The minimum Gasteiger partial charge on any atom is -0.507 e. The average molecular weight is 484 g/mol. The van der Waals surface area contributed by atoms with Crippen molar-refractivity contribution in [3.8, 4) is 16.3 Å². The van der Waals surface area contributed by atoms with Gasteiger partial charge in [-0.05, 0) is 60.7 Å². The zero-order chi connectivity index (χ0) is 24.1. The molecule has 0 unspecified atom stereocenters. The number of para-hydroxylation sites is 6. The number of benzene rings is 5. The van der Waals surface area contributed by atoms with Gasteiger partial charge in [0.15, 0.2) is 0 Å². The quantitative estimate of drug-likeness (QED) is 0.272. The van der Waals surface area contributed by atoms with Gasteiger partial charge in [0.1, 0.15) is 10.8 Å². The Balaban J connectivity index is 1.38. The summed E-state index contributed by atoms with van der Waals surface area (Å²) < 4.78 is 1.11. The molecule has 0 aliphatic carbocycles. The van der Waals surface area contributed by atoms with Crippen LogP contribution in [-0.2, 0) is 0 Å². The third kappa shape index (κ3) is 3.25. The second-order valence-electron chi connectivity index (χ2n) is 8.67. The highest BCUT2D eigenvalue weighted by Crippen LogP contribution is 2.54. The van der Waals surface area contributed by atoms with E-state index in [0.29, 0.717) is 0 Å². The van der Waals surface area contributed by atoms with Gasteiger partial charge in [-0.3, -0.25) is 0 Å². The SMILES string of the molecule is Oc1cc(N2c3ccccc3N(c3ccccc3)c3ccccc32)ccc1-c1nc2ccccc2s1. The highest BCUT2D eigenvalue weighted by molar-refractivity contribution is 7.21. The number of phenolic OH excluding ortho intramolecular Hbond substituents is 1. The van der Waals surface area contributed by atoms with Crippen LogP contribution in [0.1, 0.15) is 0 Å². The maximum Gasteiger partial charge on any atom is 0.128 e. The maximum atomic E-state index is 11.2. The second-order valence-corrected chi connectivity index (χ2v) is 9.70. The fraction of sp³-hybridized carbons (Fsp3) is 0. The molecule has 0 saturated carbocycles. The van der Waals surface area contributed by atoms with Gasteiger partial charge < -0.3 is 14.9 Å². The van der Waals surface area contributed by atoms with E-state index >= 15 is 0 Å². The first kappa shape index (κ1) is 20.7. The van der Waals surface area contributed by atoms with Crippen LogP contribution in [0.2, 0.25) is 0 Å². The second kappa shape index (κ2) is 8.26. The Bertz CT molecular complexity index is 1650. The summed E-state index contributed by atoms with van der Waals surface area (Å²) >= 11 is 1.59. The van der Waals surface area contributed by atoms with E-state index in [0.717, 1.165) is 54.9 Å². The number of hydrogen-bond donors (Lipinski definition) is 1. The van der Waals surface area contributed by atoms with Gasteiger partial charge >= 0.3 is 0 Å². The molecule has 0 atom stereocenters. The van der Waals surface area contributed by atoms with Crippen molar-refractivity contribution in [3.05, 3.63) is 121 Å². The minimum atomic E-state index is 0.215. The van der Waals surface area contributed by atoms with Crippen LogP contribution in [0.15, 0.2) is 121 Å². The van der Waals surface area contributed by atoms with E-state index in [9.17, 15) is 5.11 Å². The molecule has 1 aliphatic rings. The number of anilines is 6. The Kier molecular flexibility index (Phi) is 4.76. The number of aromatic nitrogens is 1. The van der Waals surface area contributed by atoms with E-state index in [4.69, 9.17) is 4.98 Å². The summed E-state index contributed by atoms with van der Waals surface area (Å²) in [7, 11) is 0. The Hall–Kier alpha value is -4.61. The van der Waals surface area contributed by atoms with E-state index in [1.807, 2.05) is 36.4 Å². The van der Waals surface area contributed by atoms with E-state index in [1.54, 1.807) is 11.3 Å². The first-order valence-electron chi connectivity index (χ1n) is 11.8. The smallest absolute Gasteiger partial charge is 0.128 e. The molecule has 1 aromatic heterocycles. The number of thiazole rings is 1. The molecule has 0 saturated heterocycles. The number of fused-ring (bicyclic) bond motifs is 3. The van der Waals surface area contributed by atoms with Crippen LogP contribution in [-0.4, -0.2) is 10.1 Å². The van der Waals surface area contributed by atoms with Crippen molar-refractivity contribution in [2.45, 2.75) is 0 Å². The fourth-order valence-electron chi connectivity index (χ4n) is 4.90. The van der Waals surface area contributed by atoms with Gasteiger partial charge in [-0.1, -0.05) is 54.6 Å². The maximum absolute atomic E-state index is 11.2. The molecular formula is C31H21N3OS. The van der Waals surface area contributed by atoms with Crippen molar-refractivity contribution >= 4 is 55.7 Å². The fourth-order valence-corrected chi connectivity index (χ4v) is 5.90. The summed E-state index contributed by atoms with van der Waals surface area (Å²) in [5, 5.41) is 12.0. The van der Waals surface area contributed by atoms with Crippen LogP contribution >= 0.6 is 11.3 Å². The Morgan fingerprint density at radius 3 is 1.72 bits per heavy atom. The van der Waals surface area contributed by atoms with Crippen LogP contribution in [0.25, 0.3) is 20.8 Å². The van der Waals surface area contributed by atoms with Crippen molar-refractivity contribution in [3.63, 3.8) is 0 Å². The largest absolute Gasteiger partial charge is 0.507 e. The molecule has 5 aromatic carbocycles. The zero-order valence-electron chi connectivity index (χ0n) is 19.2. The minimum absolute atomic E-state index is 0.215. The first-order chi connectivity index (χ1) is 17.8. The van der Waals surface area contributed by atoms with Crippen LogP contribution in [0.4, 0.5) is 34.1 Å². The van der Waals surface area contributed by atoms with Gasteiger partial charge in [0, 0.05) is 11.8 Å². The Morgan fingerprint density at radius 2 is 1.11 bits per heavy atom. The van der Waals surface area contributed by atoms with Crippen molar-refractivity contribution in [2.75, 3.05) is 9.80 Å². The molecule has 4 nitrogen and oxygen atoms in total. The molecule has 0 spiro atoms. The van der Waals surface area contributed by atoms with Gasteiger partial charge in [0.25, 0.3) is 0 Å². The normalized spacial score (nSPS) is 12.4. The van der Waals surface area contributed by atoms with Gasteiger partial charge in [-0.25, -0.2) is 4.98 Å². The lowest BCUT2D eigenvalue weighted by molar-refractivity contribution is 0.477. The number of aromatic hydroxyl groups is 1. The van der Waals surface area contributed by atoms with Gasteiger partial charge in [-0.2, -0.15) is 0 Å². The lowest BCUT2D eigenvalue weighted by Crippen LogP contribution is -2.23. The number of rotatable bonds is 3. The number of nitrogens with zero attached hydrogens (tertiary/aromatic N) is 3. The van der Waals surface area contributed by atoms with Crippen LogP contribution in [0.5, 0.6) is 5.75 Å². The van der Waals surface area contributed by atoms with Crippen molar-refractivity contribution in [1.29, 1.82) is 0 Å². The van der Waals surface area contributed by atoms with E-state index in [-0.39, 0.29) is 5.75 Å². The molecule has 0 bridgehead atoms. The molecule has 1 N–H and O–H groups in total. The molecule has 6 aromatic rings. The summed E-state index contributed by atoms with van der Waals surface area (Å²) in [6, 6.07) is 41.1. The van der Waals surface area contributed by atoms with Crippen LogP contribution in [0, 0.1) is 0 Å². The van der Waals surface area contributed by atoms with Crippen LogP contribution < -0.4 is 9.80 Å². The molecular weight excluding hydrogens is 462 g/mol. The first-order valence-corrected chi connectivity index (χ1v) is 12.6. The number of hydrogen-bond acceptors (Lipinski definition) is 5. The van der Waals surface area contributed by atoms with Crippen molar-refractivity contribution in [1.82, 2.24) is 4.98 Å². The lowest BCUT2D eigenvalue weighted by Gasteiger charge is -2.40. The van der Waals surface area contributed by atoms with E-state index in [1.165, 1.54) is 0 Å².